The van der Waals surface area contributed by atoms with Crippen molar-refractivity contribution in [1.82, 2.24) is 9.80 Å². The van der Waals surface area contributed by atoms with Crippen LogP contribution >= 0.6 is 0 Å². The molecule has 0 bridgehead atoms. The van der Waals surface area contributed by atoms with E-state index in [4.69, 9.17) is 14.2 Å². The molecule has 1 saturated heterocycles. The highest BCUT2D eigenvalue weighted by atomic mass is 16.6. The maximum Gasteiger partial charge on any atom is 0.410 e. The third-order valence-electron chi connectivity index (χ3n) is 4.00. The minimum absolute atomic E-state index is 0.0274. The fraction of sp³-hybridized carbons (Fsp3) is 0.600. The Morgan fingerprint density at radius 1 is 0.926 bits per heavy atom. The Kier molecular flexibility index (Phi) is 7.33. The molecule has 0 aliphatic carbocycles. The van der Waals surface area contributed by atoms with Gasteiger partial charge in [0.25, 0.3) is 5.91 Å². The maximum atomic E-state index is 12.4. The number of ether oxygens (including phenoxy) is 3. The van der Waals surface area contributed by atoms with E-state index < -0.39 is 5.60 Å². The summed E-state index contributed by atoms with van der Waals surface area (Å²) in [5.74, 6) is 1.30. The molecular formula is C20H30N2O5. The lowest BCUT2D eigenvalue weighted by molar-refractivity contribution is -0.133. The van der Waals surface area contributed by atoms with Gasteiger partial charge in [0.05, 0.1) is 6.61 Å². The number of benzene rings is 1. The Morgan fingerprint density at radius 3 is 2.07 bits per heavy atom. The van der Waals surface area contributed by atoms with Crippen molar-refractivity contribution in [2.75, 3.05) is 39.4 Å². The van der Waals surface area contributed by atoms with E-state index in [-0.39, 0.29) is 18.6 Å². The fourth-order valence-corrected chi connectivity index (χ4v) is 2.71. The summed E-state index contributed by atoms with van der Waals surface area (Å²) in [7, 11) is 0. The van der Waals surface area contributed by atoms with Crippen molar-refractivity contribution in [2.24, 2.45) is 0 Å². The van der Waals surface area contributed by atoms with Gasteiger partial charge in [-0.25, -0.2) is 4.79 Å². The average molecular weight is 378 g/mol. The van der Waals surface area contributed by atoms with Crippen LogP contribution in [0.5, 0.6) is 11.5 Å². The minimum Gasteiger partial charge on any atom is -0.494 e. The van der Waals surface area contributed by atoms with E-state index in [1.807, 2.05) is 39.8 Å². The van der Waals surface area contributed by atoms with Gasteiger partial charge in [0.1, 0.15) is 17.1 Å². The summed E-state index contributed by atoms with van der Waals surface area (Å²) in [5, 5.41) is 0. The molecule has 1 aliphatic rings. The van der Waals surface area contributed by atoms with E-state index in [0.717, 1.165) is 5.75 Å². The van der Waals surface area contributed by atoms with Crippen LogP contribution in [0.15, 0.2) is 24.3 Å². The summed E-state index contributed by atoms with van der Waals surface area (Å²) in [5.41, 5.74) is -0.523. The molecule has 1 heterocycles. The summed E-state index contributed by atoms with van der Waals surface area (Å²) in [6.07, 6.45) is 0.385. The molecule has 0 atom stereocenters. The second kappa shape index (κ2) is 9.48. The molecule has 27 heavy (non-hydrogen) atoms. The van der Waals surface area contributed by atoms with Gasteiger partial charge in [0.15, 0.2) is 6.61 Å². The van der Waals surface area contributed by atoms with Crippen molar-refractivity contribution in [3.8, 4) is 11.5 Å². The molecule has 1 aliphatic heterocycles. The highest BCUT2D eigenvalue weighted by molar-refractivity contribution is 5.78. The predicted octanol–water partition coefficient (Wildman–Crippen LogP) is 2.93. The van der Waals surface area contributed by atoms with E-state index in [2.05, 4.69) is 0 Å². The second-order valence-electron chi connectivity index (χ2n) is 7.39. The zero-order chi connectivity index (χ0) is 19.9. The van der Waals surface area contributed by atoms with Gasteiger partial charge < -0.3 is 24.0 Å². The maximum absolute atomic E-state index is 12.4. The number of carbonyl (C=O) groups excluding carboxylic acids is 2. The first-order valence-electron chi connectivity index (χ1n) is 9.40. The van der Waals surface area contributed by atoms with Crippen LogP contribution in [0.3, 0.4) is 0 Å². The summed E-state index contributed by atoms with van der Waals surface area (Å²) < 4.78 is 16.4. The zero-order valence-corrected chi connectivity index (χ0v) is 16.7. The van der Waals surface area contributed by atoms with Crippen molar-refractivity contribution in [3.63, 3.8) is 0 Å². The van der Waals surface area contributed by atoms with Gasteiger partial charge in [-0.15, -0.1) is 0 Å². The normalized spacial score (nSPS) is 15.1. The van der Waals surface area contributed by atoms with Gasteiger partial charge in [-0.1, -0.05) is 0 Å². The molecule has 1 fully saturated rings. The molecule has 0 spiro atoms. The van der Waals surface area contributed by atoms with Crippen LogP contribution in [0.2, 0.25) is 0 Å². The number of hydrogen-bond acceptors (Lipinski definition) is 5. The molecule has 0 unspecified atom stereocenters. The Labute approximate surface area is 161 Å². The van der Waals surface area contributed by atoms with Gasteiger partial charge in [-0.3, -0.25) is 4.79 Å². The fourth-order valence-electron chi connectivity index (χ4n) is 2.71. The molecule has 2 amide bonds. The first kappa shape index (κ1) is 20.9. The Bertz CT molecular complexity index is 624. The molecule has 7 heteroatoms. The topological polar surface area (TPSA) is 68.3 Å². The highest BCUT2D eigenvalue weighted by Crippen LogP contribution is 2.18. The largest absolute Gasteiger partial charge is 0.494 e. The Balaban J connectivity index is 1.80. The third kappa shape index (κ3) is 7.00. The van der Waals surface area contributed by atoms with Crippen molar-refractivity contribution in [2.45, 2.75) is 39.7 Å². The van der Waals surface area contributed by atoms with Gasteiger partial charge in [0.2, 0.25) is 0 Å². The summed E-state index contributed by atoms with van der Waals surface area (Å²) >= 11 is 0. The number of amides is 2. The lowest BCUT2D eigenvalue weighted by Gasteiger charge is -2.26. The van der Waals surface area contributed by atoms with Crippen LogP contribution < -0.4 is 9.47 Å². The molecule has 1 aromatic carbocycles. The summed E-state index contributed by atoms with van der Waals surface area (Å²) in [6, 6.07) is 7.19. The first-order valence-corrected chi connectivity index (χ1v) is 9.40. The van der Waals surface area contributed by atoms with Crippen LogP contribution in [0, 0.1) is 0 Å². The highest BCUT2D eigenvalue weighted by Gasteiger charge is 2.26. The van der Waals surface area contributed by atoms with E-state index >= 15 is 0 Å². The quantitative estimate of drug-likeness (QED) is 0.788. The van der Waals surface area contributed by atoms with Gasteiger partial charge in [0, 0.05) is 26.2 Å². The van der Waals surface area contributed by atoms with Gasteiger partial charge in [-0.05, 0) is 58.4 Å². The van der Waals surface area contributed by atoms with Crippen LogP contribution in [0.4, 0.5) is 4.79 Å². The zero-order valence-electron chi connectivity index (χ0n) is 16.7. The molecular weight excluding hydrogens is 348 g/mol. The lowest BCUT2D eigenvalue weighted by Crippen LogP contribution is -2.41. The number of hydrogen-bond donors (Lipinski definition) is 0. The molecule has 7 nitrogen and oxygen atoms in total. The van der Waals surface area contributed by atoms with E-state index in [0.29, 0.717) is 45.0 Å². The van der Waals surface area contributed by atoms with Crippen LogP contribution in [0.1, 0.15) is 34.1 Å². The predicted molar refractivity (Wildman–Crippen MR) is 102 cm³/mol. The number of nitrogens with zero attached hydrogens (tertiary/aromatic N) is 2. The van der Waals surface area contributed by atoms with E-state index in [9.17, 15) is 9.59 Å². The van der Waals surface area contributed by atoms with Crippen LogP contribution in [0.25, 0.3) is 0 Å². The summed E-state index contributed by atoms with van der Waals surface area (Å²) in [6.45, 7) is 10.2. The van der Waals surface area contributed by atoms with Crippen molar-refractivity contribution in [3.05, 3.63) is 24.3 Å². The molecule has 0 N–H and O–H groups in total. The molecule has 0 radical (unpaired) electrons. The van der Waals surface area contributed by atoms with E-state index in [1.54, 1.807) is 21.9 Å². The lowest BCUT2D eigenvalue weighted by atomic mass is 10.2. The summed E-state index contributed by atoms with van der Waals surface area (Å²) in [4.78, 5) is 28.0. The van der Waals surface area contributed by atoms with Crippen molar-refractivity contribution >= 4 is 12.0 Å². The van der Waals surface area contributed by atoms with Crippen molar-refractivity contribution in [1.29, 1.82) is 0 Å². The second-order valence-corrected chi connectivity index (χ2v) is 7.39. The number of rotatable bonds is 5. The van der Waals surface area contributed by atoms with Crippen LogP contribution in [-0.2, 0) is 9.53 Å². The molecule has 1 aromatic rings. The van der Waals surface area contributed by atoms with Crippen LogP contribution in [-0.4, -0.2) is 66.8 Å². The minimum atomic E-state index is -0.523. The molecule has 150 valence electrons. The van der Waals surface area contributed by atoms with Gasteiger partial charge in [-0.2, -0.15) is 0 Å². The number of carbonyl (C=O) groups is 2. The van der Waals surface area contributed by atoms with Crippen molar-refractivity contribution < 1.29 is 23.8 Å². The standard InChI is InChI=1S/C20H30N2O5/c1-5-25-16-7-9-17(10-8-16)26-15-18(23)21-11-6-12-22(14-13-21)19(24)27-20(2,3)4/h7-10H,5-6,11-15H2,1-4H3. The SMILES string of the molecule is CCOc1ccc(OCC(=O)N2CCCN(C(=O)OC(C)(C)C)CC2)cc1. The van der Waals surface area contributed by atoms with Gasteiger partial charge >= 0.3 is 6.09 Å². The monoisotopic (exact) mass is 378 g/mol. The smallest absolute Gasteiger partial charge is 0.410 e. The molecule has 2 rings (SSSR count). The molecule has 0 saturated carbocycles. The average Bonchev–Trinajstić information content (AvgIpc) is 2.86. The third-order valence-corrected chi connectivity index (χ3v) is 4.00. The molecule has 0 aromatic heterocycles. The Hall–Kier alpha value is -2.44. The Morgan fingerprint density at radius 2 is 1.48 bits per heavy atom. The first-order chi connectivity index (χ1) is 12.8. The van der Waals surface area contributed by atoms with E-state index in [1.165, 1.54) is 0 Å².